The van der Waals surface area contributed by atoms with Gasteiger partial charge in [0, 0.05) is 11.6 Å². The van der Waals surface area contributed by atoms with Crippen molar-refractivity contribution in [3.05, 3.63) is 51.0 Å². The predicted molar refractivity (Wildman–Crippen MR) is 108 cm³/mol. The van der Waals surface area contributed by atoms with Crippen LogP contribution in [0.2, 0.25) is 10.0 Å². The van der Waals surface area contributed by atoms with Crippen LogP contribution in [0.25, 0.3) is 17.4 Å². The summed E-state index contributed by atoms with van der Waals surface area (Å²) in [5, 5.41) is 4.43. The minimum atomic E-state index is -0.148. The number of furan rings is 1. The molecule has 1 aliphatic carbocycles. The highest BCUT2D eigenvalue weighted by Crippen LogP contribution is 2.35. The minimum Gasteiger partial charge on any atom is -0.457 e. The van der Waals surface area contributed by atoms with Crippen LogP contribution in [0.15, 0.2) is 44.6 Å². The number of nitrogens with one attached hydrogen (secondary N) is 1. The summed E-state index contributed by atoms with van der Waals surface area (Å²) in [6.07, 6.45) is 6.34. The second-order valence-corrected chi connectivity index (χ2v) is 8.06. The number of amides is 1. The third-order valence-electron chi connectivity index (χ3n) is 4.39. The van der Waals surface area contributed by atoms with E-state index in [9.17, 15) is 4.79 Å². The summed E-state index contributed by atoms with van der Waals surface area (Å²) in [7, 11) is 0. The molecule has 0 bridgehead atoms. The molecule has 1 N–H and O–H groups in total. The Morgan fingerprint density at radius 3 is 2.81 bits per heavy atom. The number of hydrogen-bond donors (Lipinski definition) is 1. The molecule has 1 saturated heterocycles. The first-order valence-electron chi connectivity index (χ1n) is 8.43. The fourth-order valence-electron chi connectivity index (χ4n) is 3.09. The van der Waals surface area contributed by atoms with Crippen molar-refractivity contribution < 1.29 is 9.21 Å². The first kappa shape index (κ1) is 17.7. The molecule has 2 aromatic rings. The standard InChI is InChI=1S/C19H16Cl2N2O2S/c20-14-7-3-6-13(17(14)21)15-9-8-12(25-15)10-16-18(24)23-19(26-16)22-11-4-1-2-5-11/h3,6-11H,1-2,4-5H2,(H,22,23,24)/b16-10-. The van der Waals surface area contributed by atoms with Crippen molar-refractivity contribution in [2.75, 3.05) is 0 Å². The van der Waals surface area contributed by atoms with E-state index in [0.717, 1.165) is 18.4 Å². The zero-order valence-electron chi connectivity index (χ0n) is 13.8. The van der Waals surface area contributed by atoms with Crippen LogP contribution in [-0.4, -0.2) is 17.1 Å². The van der Waals surface area contributed by atoms with Gasteiger partial charge in [-0.15, -0.1) is 0 Å². The van der Waals surface area contributed by atoms with E-state index < -0.39 is 0 Å². The summed E-state index contributed by atoms with van der Waals surface area (Å²) in [6, 6.07) is 9.33. The Bertz CT molecular complexity index is 914. The number of benzene rings is 1. The first-order chi connectivity index (χ1) is 12.6. The molecule has 4 rings (SSSR count). The molecule has 1 saturated carbocycles. The van der Waals surface area contributed by atoms with Crippen molar-refractivity contribution in [1.29, 1.82) is 0 Å². The van der Waals surface area contributed by atoms with E-state index in [2.05, 4.69) is 10.3 Å². The zero-order valence-corrected chi connectivity index (χ0v) is 16.1. The summed E-state index contributed by atoms with van der Waals surface area (Å²) in [5.41, 5.74) is 0.718. The average Bonchev–Trinajstić information content (AvgIpc) is 3.34. The van der Waals surface area contributed by atoms with Gasteiger partial charge in [-0.25, -0.2) is 0 Å². The van der Waals surface area contributed by atoms with Gasteiger partial charge in [0.25, 0.3) is 5.91 Å². The fraction of sp³-hybridized carbons (Fsp3) is 0.263. The summed E-state index contributed by atoms with van der Waals surface area (Å²) in [6.45, 7) is 0. The van der Waals surface area contributed by atoms with E-state index in [1.165, 1.54) is 24.6 Å². The number of carbonyl (C=O) groups excluding carboxylic acids is 1. The van der Waals surface area contributed by atoms with Gasteiger partial charge in [-0.1, -0.05) is 42.1 Å². The lowest BCUT2D eigenvalue weighted by molar-refractivity contribution is -0.115. The van der Waals surface area contributed by atoms with Crippen molar-refractivity contribution in [3.8, 4) is 11.3 Å². The smallest absolute Gasteiger partial charge is 0.264 e. The zero-order chi connectivity index (χ0) is 18.1. The number of rotatable bonds is 3. The average molecular weight is 407 g/mol. The van der Waals surface area contributed by atoms with E-state index >= 15 is 0 Å². The van der Waals surface area contributed by atoms with E-state index in [1.54, 1.807) is 18.2 Å². The van der Waals surface area contributed by atoms with Crippen LogP contribution in [0.1, 0.15) is 31.4 Å². The number of thioether (sulfide) groups is 1. The van der Waals surface area contributed by atoms with Crippen molar-refractivity contribution >= 4 is 52.1 Å². The number of nitrogens with zero attached hydrogens (tertiary/aromatic N) is 1. The lowest BCUT2D eigenvalue weighted by Gasteiger charge is -2.02. The van der Waals surface area contributed by atoms with Crippen LogP contribution in [0, 0.1) is 0 Å². The lowest BCUT2D eigenvalue weighted by atomic mass is 10.2. The van der Waals surface area contributed by atoms with Crippen LogP contribution in [0.4, 0.5) is 0 Å². The fourth-order valence-corrected chi connectivity index (χ4v) is 4.35. The van der Waals surface area contributed by atoms with E-state index in [0.29, 0.717) is 37.7 Å². The molecule has 1 aromatic heterocycles. The Hall–Kier alpha value is -1.69. The third-order valence-corrected chi connectivity index (χ3v) is 6.14. The maximum Gasteiger partial charge on any atom is 0.264 e. The molecule has 26 heavy (non-hydrogen) atoms. The summed E-state index contributed by atoms with van der Waals surface area (Å²) < 4.78 is 5.83. The monoisotopic (exact) mass is 406 g/mol. The van der Waals surface area contributed by atoms with E-state index in [4.69, 9.17) is 27.6 Å². The molecule has 0 atom stereocenters. The highest BCUT2D eigenvalue weighted by atomic mass is 35.5. The molecule has 1 aromatic carbocycles. The number of amidine groups is 1. The topological polar surface area (TPSA) is 54.6 Å². The molecule has 2 heterocycles. The summed E-state index contributed by atoms with van der Waals surface area (Å²) in [5.74, 6) is 1.04. The Balaban J connectivity index is 1.54. The van der Waals surface area contributed by atoms with Crippen molar-refractivity contribution in [1.82, 2.24) is 5.32 Å². The third kappa shape index (κ3) is 3.70. The summed E-state index contributed by atoms with van der Waals surface area (Å²) in [4.78, 5) is 17.4. The highest BCUT2D eigenvalue weighted by Gasteiger charge is 2.26. The van der Waals surface area contributed by atoms with Crippen molar-refractivity contribution in [2.45, 2.75) is 31.7 Å². The summed E-state index contributed by atoms with van der Waals surface area (Å²) >= 11 is 13.7. The quantitative estimate of drug-likeness (QED) is 0.659. The van der Waals surface area contributed by atoms with Crippen LogP contribution in [0.3, 0.4) is 0 Å². The molecule has 2 aliphatic rings. The second-order valence-electron chi connectivity index (χ2n) is 6.24. The molecule has 134 valence electrons. The van der Waals surface area contributed by atoms with Gasteiger partial charge in [0.1, 0.15) is 11.5 Å². The van der Waals surface area contributed by atoms with Crippen LogP contribution >= 0.6 is 35.0 Å². The van der Waals surface area contributed by atoms with Gasteiger partial charge in [0.05, 0.1) is 21.0 Å². The molecule has 0 spiro atoms. The Kier molecular flexibility index (Phi) is 5.11. The predicted octanol–water partition coefficient (Wildman–Crippen LogP) is 5.76. The van der Waals surface area contributed by atoms with Crippen LogP contribution in [0.5, 0.6) is 0 Å². The maximum absolute atomic E-state index is 12.2. The van der Waals surface area contributed by atoms with Gasteiger partial charge >= 0.3 is 0 Å². The van der Waals surface area contributed by atoms with Crippen molar-refractivity contribution in [2.24, 2.45) is 4.99 Å². The Morgan fingerprint density at radius 2 is 2.00 bits per heavy atom. The van der Waals surface area contributed by atoms with Gasteiger partial charge < -0.3 is 9.73 Å². The normalized spacial score (nSPS) is 21.1. The van der Waals surface area contributed by atoms with Gasteiger partial charge in [-0.3, -0.25) is 9.79 Å². The molecular formula is C19H16Cl2N2O2S. The molecule has 2 fully saturated rings. The SMILES string of the molecule is O=C1NC(=NC2CCCC2)S/C1=C\c1ccc(-c2cccc(Cl)c2Cl)o1. The second kappa shape index (κ2) is 7.51. The number of hydrogen-bond acceptors (Lipinski definition) is 4. The highest BCUT2D eigenvalue weighted by molar-refractivity contribution is 8.18. The molecule has 0 unspecified atom stereocenters. The van der Waals surface area contributed by atoms with Crippen LogP contribution in [-0.2, 0) is 4.79 Å². The molecule has 7 heteroatoms. The Labute approximate surface area is 165 Å². The number of carbonyl (C=O) groups is 1. The molecule has 0 radical (unpaired) electrons. The maximum atomic E-state index is 12.2. The molecular weight excluding hydrogens is 391 g/mol. The van der Waals surface area contributed by atoms with E-state index in [1.807, 2.05) is 18.2 Å². The largest absolute Gasteiger partial charge is 0.457 e. The van der Waals surface area contributed by atoms with Crippen LogP contribution < -0.4 is 5.32 Å². The molecule has 1 aliphatic heterocycles. The number of aliphatic imine (C=N–C) groups is 1. The Morgan fingerprint density at radius 1 is 1.19 bits per heavy atom. The van der Waals surface area contributed by atoms with Gasteiger partial charge in [0.15, 0.2) is 5.17 Å². The van der Waals surface area contributed by atoms with Gasteiger partial charge in [-0.05, 0) is 48.9 Å². The first-order valence-corrected chi connectivity index (χ1v) is 10.0. The minimum absolute atomic E-state index is 0.148. The van der Waals surface area contributed by atoms with Gasteiger partial charge in [0.2, 0.25) is 0 Å². The van der Waals surface area contributed by atoms with E-state index in [-0.39, 0.29) is 5.91 Å². The number of halogens is 2. The molecule has 1 amide bonds. The van der Waals surface area contributed by atoms with Gasteiger partial charge in [-0.2, -0.15) is 0 Å². The van der Waals surface area contributed by atoms with Crippen molar-refractivity contribution in [3.63, 3.8) is 0 Å². The lowest BCUT2D eigenvalue weighted by Crippen LogP contribution is -2.21. The molecule has 4 nitrogen and oxygen atoms in total.